The average molecular weight is 247 g/mol. The molecule has 1 amide bonds. The Morgan fingerprint density at radius 1 is 1.44 bits per heavy atom. The molecule has 0 unspecified atom stereocenters. The maximum absolute atomic E-state index is 11.0. The molecule has 7 nitrogen and oxygen atoms in total. The fourth-order valence-electron chi connectivity index (χ4n) is 1.40. The summed E-state index contributed by atoms with van der Waals surface area (Å²) in [6, 6.07) is 4.86. The van der Waals surface area contributed by atoms with Crippen LogP contribution < -0.4 is 16.2 Å². The van der Waals surface area contributed by atoms with E-state index < -0.39 is 5.91 Å². The molecule has 0 aromatic carbocycles. The number of aromatic nitrogens is 3. The molecule has 2 rings (SSSR count). The lowest BCUT2D eigenvalue weighted by Crippen LogP contribution is -2.12. The van der Waals surface area contributed by atoms with E-state index in [0.717, 1.165) is 0 Å². The Balaban J connectivity index is 2.37. The van der Waals surface area contributed by atoms with Crippen molar-refractivity contribution in [1.29, 1.82) is 0 Å². The summed E-state index contributed by atoms with van der Waals surface area (Å²) < 4.78 is 6.72. The second-order valence-electron chi connectivity index (χ2n) is 3.51. The van der Waals surface area contributed by atoms with Crippen LogP contribution in [0.25, 0.3) is 5.82 Å². The summed E-state index contributed by atoms with van der Waals surface area (Å²) in [6.45, 7) is 2.30. The van der Waals surface area contributed by atoms with Gasteiger partial charge in [-0.15, -0.1) is 0 Å². The number of amides is 1. The molecule has 0 atom stereocenters. The van der Waals surface area contributed by atoms with Crippen LogP contribution in [-0.2, 0) is 0 Å². The minimum atomic E-state index is -0.589. The molecule has 4 N–H and O–H groups in total. The van der Waals surface area contributed by atoms with Crippen LogP contribution >= 0.6 is 0 Å². The second kappa shape index (κ2) is 4.74. The van der Waals surface area contributed by atoms with E-state index in [1.165, 1.54) is 10.7 Å². The lowest BCUT2D eigenvalue weighted by molar-refractivity contribution is 0.0995. The van der Waals surface area contributed by atoms with Crippen LogP contribution in [0, 0.1) is 0 Å². The number of nitrogen functional groups attached to an aromatic ring is 1. The molecule has 2 aromatic rings. The Morgan fingerprint density at radius 2 is 2.22 bits per heavy atom. The summed E-state index contributed by atoms with van der Waals surface area (Å²) in [5.74, 6) is 0.250. The highest BCUT2D eigenvalue weighted by Crippen LogP contribution is 2.20. The Hall–Kier alpha value is -2.57. The van der Waals surface area contributed by atoms with Gasteiger partial charge >= 0.3 is 0 Å². The van der Waals surface area contributed by atoms with Crippen molar-refractivity contribution in [2.24, 2.45) is 5.73 Å². The van der Waals surface area contributed by atoms with Crippen molar-refractivity contribution in [3.63, 3.8) is 0 Å². The average Bonchev–Trinajstić information content (AvgIpc) is 2.82. The quantitative estimate of drug-likeness (QED) is 0.810. The Kier molecular flexibility index (Phi) is 3.13. The van der Waals surface area contributed by atoms with Gasteiger partial charge in [0.15, 0.2) is 5.82 Å². The summed E-state index contributed by atoms with van der Waals surface area (Å²) in [5.41, 5.74) is 11.5. The van der Waals surface area contributed by atoms with Gasteiger partial charge in [0.1, 0.15) is 5.69 Å². The first-order chi connectivity index (χ1) is 8.61. The summed E-state index contributed by atoms with van der Waals surface area (Å²) in [7, 11) is 0. The van der Waals surface area contributed by atoms with Gasteiger partial charge in [0.05, 0.1) is 12.3 Å². The molecule has 2 aromatic heterocycles. The number of nitrogens with zero attached hydrogens (tertiary/aromatic N) is 3. The first-order valence-corrected chi connectivity index (χ1v) is 5.37. The van der Waals surface area contributed by atoms with Crippen LogP contribution in [0.3, 0.4) is 0 Å². The number of hydrogen-bond donors (Lipinski definition) is 2. The van der Waals surface area contributed by atoms with Gasteiger partial charge in [-0.1, -0.05) is 0 Å². The van der Waals surface area contributed by atoms with Crippen LogP contribution in [0.15, 0.2) is 24.4 Å². The molecule has 2 heterocycles. The second-order valence-corrected chi connectivity index (χ2v) is 3.51. The third kappa shape index (κ3) is 2.24. The van der Waals surface area contributed by atoms with Gasteiger partial charge in [0.2, 0.25) is 5.88 Å². The van der Waals surface area contributed by atoms with Crippen molar-refractivity contribution in [3.8, 4) is 11.7 Å². The van der Waals surface area contributed by atoms with Crippen molar-refractivity contribution in [2.75, 3.05) is 12.3 Å². The lowest BCUT2D eigenvalue weighted by Gasteiger charge is -2.07. The smallest absolute Gasteiger partial charge is 0.269 e. The van der Waals surface area contributed by atoms with Crippen LogP contribution in [0.1, 0.15) is 17.4 Å². The molecule has 0 aliphatic rings. The fourth-order valence-corrected chi connectivity index (χ4v) is 1.40. The maximum Gasteiger partial charge on any atom is 0.269 e. The van der Waals surface area contributed by atoms with Crippen molar-refractivity contribution in [1.82, 2.24) is 14.8 Å². The van der Waals surface area contributed by atoms with E-state index in [1.54, 1.807) is 18.3 Å². The molecule has 0 aliphatic carbocycles. The maximum atomic E-state index is 11.0. The van der Waals surface area contributed by atoms with Crippen molar-refractivity contribution in [3.05, 3.63) is 30.1 Å². The Labute approximate surface area is 103 Å². The summed E-state index contributed by atoms with van der Waals surface area (Å²) >= 11 is 0. The van der Waals surface area contributed by atoms with Crippen LogP contribution in [-0.4, -0.2) is 27.3 Å². The predicted molar refractivity (Wildman–Crippen MR) is 65.5 cm³/mol. The molecule has 7 heteroatoms. The molecule has 0 radical (unpaired) electrons. The number of rotatable bonds is 4. The van der Waals surface area contributed by atoms with E-state index in [-0.39, 0.29) is 5.69 Å². The number of carbonyl (C=O) groups excluding carboxylic acids is 1. The monoisotopic (exact) mass is 247 g/mol. The fraction of sp³-hybridized carbons (Fsp3) is 0.182. The number of carbonyl (C=O) groups is 1. The molecule has 18 heavy (non-hydrogen) atoms. The zero-order valence-corrected chi connectivity index (χ0v) is 9.83. The number of pyridine rings is 1. The summed E-state index contributed by atoms with van der Waals surface area (Å²) in [6.07, 6.45) is 1.59. The van der Waals surface area contributed by atoms with Gasteiger partial charge in [-0.05, 0) is 25.1 Å². The molecule has 0 aliphatic heterocycles. The third-order valence-electron chi connectivity index (χ3n) is 2.23. The SMILES string of the molecule is CCOc1nc(-n2ccc(C(N)=O)n2)ccc1N. The highest BCUT2D eigenvalue weighted by atomic mass is 16.5. The van der Waals surface area contributed by atoms with Gasteiger partial charge in [-0.3, -0.25) is 4.79 Å². The van der Waals surface area contributed by atoms with Crippen molar-refractivity contribution < 1.29 is 9.53 Å². The molecule has 0 spiro atoms. The summed E-state index contributed by atoms with van der Waals surface area (Å²) in [5, 5.41) is 3.99. The van der Waals surface area contributed by atoms with Gasteiger partial charge in [0.25, 0.3) is 5.91 Å². The Bertz CT molecular complexity index is 579. The number of anilines is 1. The minimum absolute atomic E-state index is 0.173. The zero-order valence-electron chi connectivity index (χ0n) is 9.83. The van der Waals surface area contributed by atoms with Crippen LogP contribution in [0.2, 0.25) is 0 Å². The van der Waals surface area contributed by atoms with Gasteiger partial charge in [-0.2, -0.15) is 10.1 Å². The third-order valence-corrected chi connectivity index (χ3v) is 2.23. The predicted octanol–water partition coefficient (Wildman–Crippen LogP) is 0.347. The number of primary amides is 1. The Morgan fingerprint density at radius 3 is 2.83 bits per heavy atom. The normalized spacial score (nSPS) is 10.3. The number of hydrogen-bond acceptors (Lipinski definition) is 5. The molecular weight excluding hydrogens is 234 g/mol. The lowest BCUT2D eigenvalue weighted by atomic mass is 10.4. The van der Waals surface area contributed by atoms with Gasteiger partial charge < -0.3 is 16.2 Å². The highest BCUT2D eigenvalue weighted by Gasteiger charge is 2.09. The van der Waals surface area contributed by atoms with Crippen molar-refractivity contribution >= 4 is 11.6 Å². The molecule has 0 saturated carbocycles. The largest absolute Gasteiger partial charge is 0.476 e. The van der Waals surface area contributed by atoms with Crippen molar-refractivity contribution in [2.45, 2.75) is 6.92 Å². The molecule has 0 bridgehead atoms. The van der Waals surface area contributed by atoms with Gasteiger partial charge in [0, 0.05) is 6.20 Å². The topological polar surface area (TPSA) is 109 Å². The summed E-state index contributed by atoms with van der Waals surface area (Å²) in [4.78, 5) is 15.2. The number of nitrogens with two attached hydrogens (primary N) is 2. The molecular formula is C11H13N5O2. The van der Waals surface area contributed by atoms with E-state index >= 15 is 0 Å². The molecule has 0 fully saturated rings. The van der Waals surface area contributed by atoms with E-state index in [1.807, 2.05) is 6.92 Å². The highest BCUT2D eigenvalue weighted by molar-refractivity contribution is 5.90. The van der Waals surface area contributed by atoms with E-state index in [0.29, 0.717) is 24.0 Å². The first kappa shape index (κ1) is 11.9. The van der Waals surface area contributed by atoms with E-state index in [2.05, 4.69) is 10.1 Å². The zero-order chi connectivity index (χ0) is 13.1. The molecule has 0 saturated heterocycles. The number of ether oxygens (including phenoxy) is 1. The van der Waals surface area contributed by atoms with E-state index in [4.69, 9.17) is 16.2 Å². The first-order valence-electron chi connectivity index (χ1n) is 5.37. The van der Waals surface area contributed by atoms with E-state index in [9.17, 15) is 4.79 Å². The van der Waals surface area contributed by atoms with Crippen LogP contribution in [0.5, 0.6) is 5.88 Å². The van der Waals surface area contributed by atoms with Gasteiger partial charge in [-0.25, -0.2) is 4.68 Å². The standard InChI is InChI=1S/C11H13N5O2/c1-2-18-11-7(12)3-4-9(14-11)16-6-5-8(15-16)10(13)17/h3-6H,2,12H2,1H3,(H2,13,17). The molecule has 94 valence electrons. The minimum Gasteiger partial charge on any atom is -0.476 e. The van der Waals surface area contributed by atoms with Crippen LogP contribution in [0.4, 0.5) is 5.69 Å².